The maximum Gasteiger partial charge on any atom is 0.0996 e. The molecule has 1 aromatic carbocycles. The average molecular weight is 265 g/mol. The van der Waals surface area contributed by atoms with Crippen LogP contribution in [-0.4, -0.2) is 22.0 Å². The van der Waals surface area contributed by atoms with Crippen LogP contribution in [0.1, 0.15) is 23.9 Å². The summed E-state index contributed by atoms with van der Waals surface area (Å²) in [6, 6.07) is 7.83. The van der Waals surface area contributed by atoms with Crippen molar-refractivity contribution in [3.63, 3.8) is 0 Å². The van der Waals surface area contributed by atoms with E-state index in [2.05, 4.69) is 22.6 Å². The highest BCUT2D eigenvalue weighted by atomic mass is 35.5. The second-order valence-electron chi connectivity index (χ2n) is 4.12. The van der Waals surface area contributed by atoms with E-state index < -0.39 is 0 Å². The van der Waals surface area contributed by atoms with E-state index in [9.17, 15) is 0 Å². The minimum absolute atomic E-state index is 0.666. The number of nitrogens with one attached hydrogen (secondary N) is 1. The van der Waals surface area contributed by atoms with Crippen LogP contribution in [0.3, 0.4) is 0 Å². The van der Waals surface area contributed by atoms with Crippen LogP contribution in [-0.2, 0) is 19.5 Å². The number of aromatic nitrogens is 3. The van der Waals surface area contributed by atoms with Gasteiger partial charge in [-0.15, -0.1) is 5.10 Å². The summed E-state index contributed by atoms with van der Waals surface area (Å²) < 4.78 is 1.92. The van der Waals surface area contributed by atoms with Gasteiger partial charge in [-0.1, -0.05) is 41.9 Å². The lowest BCUT2D eigenvalue weighted by Gasteiger charge is -2.07. The molecule has 18 heavy (non-hydrogen) atoms. The summed E-state index contributed by atoms with van der Waals surface area (Å²) in [7, 11) is 1.91. The second-order valence-corrected chi connectivity index (χ2v) is 4.52. The van der Waals surface area contributed by atoms with E-state index >= 15 is 0 Å². The van der Waals surface area contributed by atoms with Gasteiger partial charge in [0.05, 0.1) is 17.9 Å². The first kappa shape index (κ1) is 13.1. The highest BCUT2D eigenvalue weighted by Crippen LogP contribution is 2.17. The van der Waals surface area contributed by atoms with Crippen LogP contribution in [0.25, 0.3) is 0 Å². The van der Waals surface area contributed by atoms with Crippen molar-refractivity contribution in [2.75, 3.05) is 7.05 Å². The zero-order valence-corrected chi connectivity index (χ0v) is 11.4. The predicted octanol–water partition coefficient (Wildman–Crippen LogP) is 2.26. The van der Waals surface area contributed by atoms with E-state index in [1.54, 1.807) is 0 Å². The molecule has 2 aromatic rings. The van der Waals surface area contributed by atoms with Crippen LogP contribution in [0.4, 0.5) is 0 Å². The van der Waals surface area contributed by atoms with Crippen molar-refractivity contribution in [1.82, 2.24) is 20.3 Å². The number of hydrogen-bond donors (Lipinski definition) is 1. The molecule has 5 heteroatoms. The van der Waals surface area contributed by atoms with E-state index in [0.29, 0.717) is 6.54 Å². The van der Waals surface area contributed by atoms with Gasteiger partial charge in [-0.3, -0.25) is 0 Å². The summed E-state index contributed by atoms with van der Waals surface area (Å²) >= 11 is 6.16. The molecule has 0 saturated heterocycles. The molecular formula is C13H17ClN4. The molecule has 1 aromatic heterocycles. The number of halogens is 1. The van der Waals surface area contributed by atoms with E-state index in [1.807, 2.05) is 36.0 Å². The third kappa shape index (κ3) is 2.71. The maximum atomic E-state index is 6.16. The Morgan fingerprint density at radius 2 is 2.11 bits per heavy atom. The Kier molecular flexibility index (Phi) is 4.33. The predicted molar refractivity (Wildman–Crippen MR) is 72.7 cm³/mol. The molecule has 0 amide bonds. The van der Waals surface area contributed by atoms with Crippen LogP contribution < -0.4 is 5.32 Å². The topological polar surface area (TPSA) is 42.7 Å². The summed E-state index contributed by atoms with van der Waals surface area (Å²) in [6.45, 7) is 3.52. The van der Waals surface area contributed by atoms with Crippen molar-refractivity contribution in [1.29, 1.82) is 0 Å². The van der Waals surface area contributed by atoms with E-state index in [4.69, 9.17) is 11.6 Å². The van der Waals surface area contributed by atoms with Crippen LogP contribution in [0.5, 0.6) is 0 Å². The van der Waals surface area contributed by atoms with E-state index in [-0.39, 0.29) is 0 Å². The molecule has 1 heterocycles. The Hall–Kier alpha value is -1.39. The first-order valence-corrected chi connectivity index (χ1v) is 6.43. The molecule has 4 nitrogen and oxygen atoms in total. The quantitative estimate of drug-likeness (QED) is 0.901. The normalized spacial score (nSPS) is 10.8. The fourth-order valence-electron chi connectivity index (χ4n) is 1.98. The molecule has 0 fully saturated rings. The molecular weight excluding hydrogens is 248 g/mol. The fourth-order valence-corrected chi connectivity index (χ4v) is 2.17. The van der Waals surface area contributed by atoms with Crippen LogP contribution in [0.15, 0.2) is 24.3 Å². The Morgan fingerprint density at radius 3 is 2.78 bits per heavy atom. The highest BCUT2D eigenvalue weighted by Gasteiger charge is 2.11. The van der Waals surface area contributed by atoms with E-state index in [1.165, 1.54) is 0 Å². The first-order valence-electron chi connectivity index (χ1n) is 6.05. The highest BCUT2D eigenvalue weighted by molar-refractivity contribution is 6.31. The maximum absolute atomic E-state index is 6.16. The number of benzene rings is 1. The molecule has 2 rings (SSSR count). The smallest absolute Gasteiger partial charge is 0.0996 e. The Balaban J connectivity index is 2.27. The third-order valence-electron chi connectivity index (χ3n) is 2.88. The van der Waals surface area contributed by atoms with Gasteiger partial charge in [0.15, 0.2) is 0 Å². The standard InChI is InChI=1S/C13H17ClN4/c1-3-13-12(8-15-2)16-17-18(13)9-10-6-4-5-7-11(10)14/h4-7,15H,3,8-9H2,1-2H3. The zero-order chi connectivity index (χ0) is 13.0. The van der Waals surface area contributed by atoms with Gasteiger partial charge in [-0.2, -0.15) is 0 Å². The lowest BCUT2D eigenvalue weighted by atomic mass is 10.2. The Morgan fingerprint density at radius 1 is 1.33 bits per heavy atom. The van der Waals surface area contributed by atoms with Crippen molar-refractivity contribution in [3.8, 4) is 0 Å². The second kappa shape index (κ2) is 5.98. The molecule has 0 aliphatic carbocycles. The molecule has 1 N–H and O–H groups in total. The minimum Gasteiger partial charge on any atom is -0.314 e. The Bertz CT molecular complexity index is 521. The van der Waals surface area contributed by atoms with E-state index in [0.717, 1.165) is 34.9 Å². The molecule has 0 aliphatic heterocycles. The molecule has 0 aliphatic rings. The van der Waals surface area contributed by atoms with Gasteiger partial charge in [0, 0.05) is 11.6 Å². The Labute approximate surface area is 112 Å². The number of nitrogens with zero attached hydrogens (tertiary/aromatic N) is 3. The largest absolute Gasteiger partial charge is 0.314 e. The summed E-state index contributed by atoms with van der Waals surface area (Å²) in [5, 5.41) is 12.3. The minimum atomic E-state index is 0.666. The molecule has 96 valence electrons. The molecule has 0 atom stereocenters. The van der Waals surface area contributed by atoms with Crippen LogP contribution in [0.2, 0.25) is 5.02 Å². The molecule has 0 spiro atoms. The summed E-state index contributed by atoms with van der Waals surface area (Å²) in [5.41, 5.74) is 3.23. The van der Waals surface area contributed by atoms with Gasteiger partial charge in [-0.25, -0.2) is 4.68 Å². The van der Waals surface area contributed by atoms with Gasteiger partial charge in [0.25, 0.3) is 0 Å². The van der Waals surface area contributed by atoms with Gasteiger partial charge >= 0.3 is 0 Å². The van der Waals surface area contributed by atoms with Crippen molar-refractivity contribution < 1.29 is 0 Å². The summed E-state index contributed by atoms with van der Waals surface area (Å²) in [4.78, 5) is 0. The van der Waals surface area contributed by atoms with Crippen LogP contribution >= 0.6 is 11.6 Å². The molecule has 0 radical (unpaired) electrons. The van der Waals surface area contributed by atoms with Gasteiger partial charge < -0.3 is 5.32 Å². The average Bonchev–Trinajstić information content (AvgIpc) is 2.75. The van der Waals surface area contributed by atoms with Crippen LogP contribution in [0, 0.1) is 0 Å². The summed E-state index contributed by atoms with van der Waals surface area (Å²) in [6.07, 6.45) is 0.911. The molecule has 0 bridgehead atoms. The third-order valence-corrected chi connectivity index (χ3v) is 3.24. The number of hydrogen-bond acceptors (Lipinski definition) is 3. The van der Waals surface area contributed by atoms with Gasteiger partial charge in [0.1, 0.15) is 0 Å². The van der Waals surface area contributed by atoms with Gasteiger partial charge in [-0.05, 0) is 25.1 Å². The van der Waals surface area contributed by atoms with Crippen molar-refractivity contribution in [3.05, 3.63) is 46.2 Å². The SMILES string of the molecule is CCc1c(CNC)nnn1Cc1ccccc1Cl. The summed E-state index contributed by atoms with van der Waals surface area (Å²) in [5.74, 6) is 0. The monoisotopic (exact) mass is 264 g/mol. The van der Waals surface area contributed by atoms with Crippen molar-refractivity contribution >= 4 is 11.6 Å². The number of rotatable bonds is 5. The molecule has 0 saturated carbocycles. The van der Waals surface area contributed by atoms with Crippen molar-refractivity contribution in [2.24, 2.45) is 0 Å². The lowest BCUT2D eigenvalue weighted by Crippen LogP contribution is -2.10. The van der Waals surface area contributed by atoms with Gasteiger partial charge in [0.2, 0.25) is 0 Å². The van der Waals surface area contributed by atoms with Crippen molar-refractivity contribution in [2.45, 2.75) is 26.4 Å². The lowest BCUT2D eigenvalue weighted by molar-refractivity contribution is 0.622. The first-order chi connectivity index (χ1) is 8.76. The zero-order valence-electron chi connectivity index (χ0n) is 10.7. The fraction of sp³-hybridized carbons (Fsp3) is 0.385. The molecule has 0 unspecified atom stereocenters.